The first-order chi connectivity index (χ1) is 44.4. The second kappa shape index (κ2) is 65.0. The van der Waals surface area contributed by atoms with Crippen LogP contribution < -0.4 is 0 Å². The fraction of sp³-hybridized carbons (Fsp3) is 0.945. The summed E-state index contributed by atoms with van der Waals surface area (Å²) in [6, 6.07) is 0. The zero-order valence-electron chi connectivity index (χ0n) is 59.9. The molecule has 0 fully saturated rings. The van der Waals surface area contributed by atoms with E-state index in [0.717, 1.165) is 108 Å². The van der Waals surface area contributed by atoms with Crippen molar-refractivity contribution >= 4 is 39.5 Å². The number of esters is 4. The number of aliphatic hydroxyl groups excluding tert-OH is 1. The van der Waals surface area contributed by atoms with Crippen molar-refractivity contribution < 1.29 is 80.2 Å². The molecular weight excluding hydrogens is 1210 g/mol. The second-order valence-electron chi connectivity index (χ2n) is 26.8. The van der Waals surface area contributed by atoms with Crippen LogP contribution in [0.4, 0.5) is 0 Å². The topological polar surface area (TPSA) is 237 Å². The molecule has 0 aliphatic rings. The summed E-state index contributed by atoms with van der Waals surface area (Å²) in [5.41, 5.74) is 0. The van der Waals surface area contributed by atoms with E-state index in [4.69, 9.17) is 37.0 Å². The Hall–Kier alpha value is -1.94. The predicted molar refractivity (Wildman–Crippen MR) is 372 cm³/mol. The molecule has 546 valence electrons. The Kier molecular flexibility index (Phi) is 63.7. The van der Waals surface area contributed by atoms with Crippen LogP contribution in [-0.4, -0.2) is 96.7 Å². The van der Waals surface area contributed by atoms with Crippen molar-refractivity contribution in [1.82, 2.24) is 0 Å². The number of carbonyl (C=O) groups is 4. The summed E-state index contributed by atoms with van der Waals surface area (Å²) in [7, 11) is -9.89. The number of unbranched alkanes of at least 4 members (excludes halogenated alkanes) is 40. The van der Waals surface area contributed by atoms with Crippen molar-refractivity contribution in [3.63, 3.8) is 0 Å². The zero-order chi connectivity index (χ0) is 67.9. The van der Waals surface area contributed by atoms with E-state index in [2.05, 4.69) is 41.5 Å². The highest BCUT2D eigenvalue weighted by Crippen LogP contribution is 2.45. The molecule has 19 heteroatoms. The molecule has 0 rings (SSSR count). The fourth-order valence-electron chi connectivity index (χ4n) is 11.1. The van der Waals surface area contributed by atoms with Gasteiger partial charge in [0.15, 0.2) is 12.2 Å². The molecule has 3 N–H and O–H groups in total. The lowest BCUT2D eigenvalue weighted by Crippen LogP contribution is -2.30. The van der Waals surface area contributed by atoms with Gasteiger partial charge in [0.05, 0.1) is 26.4 Å². The van der Waals surface area contributed by atoms with E-state index >= 15 is 0 Å². The van der Waals surface area contributed by atoms with Gasteiger partial charge < -0.3 is 33.8 Å². The van der Waals surface area contributed by atoms with Gasteiger partial charge in [-0.05, 0) is 37.5 Å². The van der Waals surface area contributed by atoms with Crippen molar-refractivity contribution in [3.8, 4) is 0 Å². The molecule has 4 unspecified atom stereocenters. The van der Waals surface area contributed by atoms with E-state index in [-0.39, 0.29) is 25.7 Å². The molecule has 0 aromatic carbocycles. The van der Waals surface area contributed by atoms with Gasteiger partial charge in [-0.1, -0.05) is 324 Å². The Morgan fingerprint density at radius 1 is 0.304 bits per heavy atom. The van der Waals surface area contributed by atoms with Gasteiger partial charge in [0.1, 0.15) is 19.3 Å². The quantitative estimate of drug-likeness (QED) is 0.0222. The highest BCUT2D eigenvalue weighted by molar-refractivity contribution is 7.47. The van der Waals surface area contributed by atoms with E-state index in [1.54, 1.807) is 0 Å². The monoisotopic (exact) mass is 1350 g/mol. The Bertz CT molecular complexity index is 1790. The highest BCUT2D eigenvalue weighted by atomic mass is 31.2. The van der Waals surface area contributed by atoms with Gasteiger partial charge in [0, 0.05) is 25.7 Å². The van der Waals surface area contributed by atoms with Crippen molar-refractivity contribution in [1.29, 1.82) is 0 Å². The van der Waals surface area contributed by atoms with E-state index in [0.29, 0.717) is 25.7 Å². The highest BCUT2D eigenvalue weighted by Gasteiger charge is 2.30. The molecule has 92 heavy (non-hydrogen) atoms. The predicted octanol–water partition coefficient (Wildman–Crippen LogP) is 21.2. The molecule has 0 bridgehead atoms. The summed E-state index contributed by atoms with van der Waals surface area (Å²) < 4.78 is 68.1. The third-order valence-electron chi connectivity index (χ3n) is 17.7. The zero-order valence-corrected chi connectivity index (χ0v) is 61.6. The molecular formula is C73H142O17P2. The minimum absolute atomic E-state index is 0.102. The maximum Gasteiger partial charge on any atom is 0.472 e. The average Bonchev–Trinajstić information content (AvgIpc) is 3.33. The van der Waals surface area contributed by atoms with Crippen LogP contribution in [0.1, 0.15) is 375 Å². The lowest BCUT2D eigenvalue weighted by molar-refractivity contribution is -0.161. The van der Waals surface area contributed by atoms with Crippen molar-refractivity contribution in [2.45, 2.75) is 394 Å². The van der Waals surface area contributed by atoms with Gasteiger partial charge in [0.2, 0.25) is 0 Å². The largest absolute Gasteiger partial charge is 0.472 e. The number of carbonyl (C=O) groups excluding carboxylic acids is 4. The molecule has 0 amide bonds. The van der Waals surface area contributed by atoms with Gasteiger partial charge >= 0.3 is 39.5 Å². The molecule has 0 saturated heterocycles. The summed E-state index contributed by atoms with van der Waals surface area (Å²) in [6.07, 6.45) is 51.9. The number of hydrogen-bond acceptors (Lipinski definition) is 15. The molecule has 7 atom stereocenters. The van der Waals surface area contributed by atoms with Gasteiger partial charge in [-0.25, -0.2) is 9.13 Å². The van der Waals surface area contributed by atoms with Crippen LogP contribution in [0.15, 0.2) is 0 Å². The summed E-state index contributed by atoms with van der Waals surface area (Å²) in [5.74, 6) is -0.564. The third kappa shape index (κ3) is 64.1. The number of phosphoric acid groups is 2. The van der Waals surface area contributed by atoms with Crippen molar-refractivity contribution in [3.05, 3.63) is 0 Å². The van der Waals surface area contributed by atoms with Crippen LogP contribution in [0.25, 0.3) is 0 Å². The number of ether oxygens (including phenoxy) is 4. The number of hydrogen-bond donors (Lipinski definition) is 3. The maximum absolute atomic E-state index is 13.1. The molecule has 0 aromatic rings. The van der Waals surface area contributed by atoms with Crippen molar-refractivity contribution in [2.24, 2.45) is 11.8 Å². The Labute approximate surface area is 562 Å². The average molecular weight is 1350 g/mol. The fourth-order valence-corrected chi connectivity index (χ4v) is 12.6. The normalized spacial score (nSPS) is 14.7. The maximum atomic E-state index is 13.1. The van der Waals surface area contributed by atoms with Crippen LogP contribution in [0.5, 0.6) is 0 Å². The van der Waals surface area contributed by atoms with E-state index in [1.807, 2.05) is 0 Å². The lowest BCUT2D eigenvalue weighted by Gasteiger charge is -2.21. The Morgan fingerprint density at radius 3 is 0.772 bits per heavy atom. The van der Waals surface area contributed by atoms with Crippen LogP contribution in [0, 0.1) is 11.8 Å². The SMILES string of the molecule is CCCCCCCCCCCCCCCCCCCCCC(=O)O[C@H](COC(=O)CCCCCCCCCCCCCCCCC(C)CC)COP(=O)(O)OC[C@@H](O)COP(=O)(O)OC[C@@H](COC(=O)CCCCCCC)OC(=O)CCCCCCCCC(C)CC. The Morgan fingerprint density at radius 2 is 0.522 bits per heavy atom. The molecule has 0 spiro atoms. The van der Waals surface area contributed by atoms with Gasteiger partial charge in [-0.15, -0.1) is 0 Å². The molecule has 0 aliphatic carbocycles. The first kappa shape index (κ1) is 90.1. The molecule has 17 nitrogen and oxygen atoms in total. The summed E-state index contributed by atoms with van der Waals surface area (Å²) >= 11 is 0. The smallest absolute Gasteiger partial charge is 0.462 e. The number of phosphoric ester groups is 2. The third-order valence-corrected chi connectivity index (χ3v) is 19.6. The summed E-state index contributed by atoms with van der Waals surface area (Å²) in [6.45, 7) is 9.48. The minimum atomic E-state index is -4.95. The van der Waals surface area contributed by atoms with Gasteiger partial charge in [-0.3, -0.25) is 37.3 Å². The van der Waals surface area contributed by atoms with E-state index < -0.39 is 97.5 Å². The summed E-state index contributed by atoms with van der Waals surface area (Å²) in [5, 5.41) is 10.6. The second-order valence-corrected chi connectivity index (χ2v) is 29.7. The minimum Gasteiger partial charge on any atom is -0.462 e. The lowest BCUT2D eigenvalue weighted by atomic mass is 9.99. The molecule has 0 aliphatic heterocycles. The number of rotatable bonds is 72. The van der Waals surface area contributed by atoms with Crippen LogP contribution in [0.3, 0.4) is 0 Å². The molecule has 0 radical (unpaired) electrons. The first-order valence-corrected chi connectivity index (χ1v) is 41.1. The molecule has 0 heterocycles. The van der Waals surface area contributed by atoms with Gasteiger partial charge in [0.25, 0.3) is 0 Å². The first-order valence-electron chi connectivity index (χ1n) is 38.1. The van der Waals surface area contributed by atoms with E-state index in [1.165, 1.54) is 186 Å². The molecule has 0 aromatic heterocycles. The van der Waals surface area contributed by atoms with Crippen LogP contribution in [-0.2, 0) is 65.4 Å². The van der Waals surface area contributed by atoms with Crippen LogP contribution >= 0.6 is 15.6 Å². The Balaban J connectivity index is 5.14. The molecule has 0 saturated carbocycles. The standard InChI is InChI=1S/C73H142O17P2/c1-7-11-13-15-16-17-18-19-20-21-22-23-24-29-32-35-38-45-51-57-72(77)89-69(62-84-71(76)56-50-44-37-34-31-28-26-25-27-30-33-36-42-47-53-65(5)9-3)64-88-92(81,82)86-60-67(74)59-85-91(79,80)87-63-68(61-83-70(75)55-49-41-14-12-8-2)90-73(78)58-52-46-40-39-43-48-54-66(6)10-4/h65-69,74H,7-64H2,1-6H3,(H,79,80)(H,81,82)/t65?,66?,67-,68+,69+/m0/s1. The van der Waals surface area contributed by atoms with Crippen LogP contribution in [0.2, 0.25) is 0 Å². The van der Waals surface area contributed by atoms with Crippen molar-refractivity contribution in [2.75, 3.05) is 39.6 Å². The van der Waals surface area contributed by atoms with E-state index in [9.17, 15) is 43.2 Å². The van der Waals surface area contributed by atoms with Gasteiger partial charge in [-0.2, -0.15) is 0 Å². The summed E-state index contributed by atoms with van der Waals surface area (Å²) in [4.78, 5) is 72.3. The number of aliphatic hydroxyl groups is 1.